The van der Waals surface area contributed by atoms with Gasteiger partial charge in [0.25, 0.3) is 0 Å². The van der Waals surface area contributed by atoms with Gasteiger partial charge < -0.3 is 16.0 Å². The minimum absolute atomic E-state index is 0.151. The molecule has 1 unspecified atom stereocenters. The molecule has 5 nitrogen and oxygen atoms in total. The molecule has 0 aliphatic heterocycles. The van der Waals surface area contributed by atoms with Crippen molar-refractivity contribution < 1.29 is 4.79 Å². The van der Waals surface area contributed by atoms with Crippen molar-refractivity contribution in [1.82, 2.24) is 15.3 Å². The van der Waals surface area contributed by atoms with Gasteiger partial charge >= 0.3 is 0 Å². The van der Waals surface area contributed by atoms with E-state index in [0.717, 1.165) is 0 Å². The number of H-pyrrole nitrogens is 1. The zero-order chi connectivity index (χ0) is 11.3. The SMILES string of the molecule is CCC(C(=O)NCc1ncc[nH]1)C(N)=S. The van der Waals surface area contributed by atoms with Gasteiger partial charge in [0, 0.05) is 12.4 Å². The minimum Gasteiger partial charge on any atom is -0.393 e. The van der Waals surface area contributed by atoms with Gasteiger partial charge in [0.05, 0.1) is 17.5 Å². The lowest BCUT2D eigenvalue weighted by molar-refractivity contribution is -0.123. The van der Waals surface area contributed by atoms with Gasteiger partial charge in [0.1, 0.15) is 5.82 Å². The van der Waals surface area contributed by atoms with Crippen molar-refractivity contribution in [2.45, 2.75) is 19.9 Å². The molecule has 6 heteroatoms. The van der Waals surface area contributed by atoms with Crippen molar-refractivity contribution in [3.8, 4) is 0 Å². The highest BCUT2D eigenvalue weighted by Gasteiger charge is 2.18. The molecule has 0 saturated heterocycles. The van der Waals surface area contributed by atoms with E-state index in [0.29, 0.717) is 18.8 Å². The first-order valence-electron chi connectivity index (χ1n) is 4.70. The van der Waals surface area contributed by atoms with Crippen LogP contribution in [-0.4, -0.2) is 20.9 Å². The number of hydrogen-bond acceptors (Lipinski definition) is 3. The van der Waals surface area contributed by atoms with Crippen molar-refractivity contribution >= 4 is 23.1 Å². The predicted octanol–water partition coefficient (Wildman–Crippen LogP) is 0.338. The summed E-state index contributed by atoms with van der Waals surface area (Å²) in [7, 11) is 0. The van der Waals surface area contributed by atoms with E-state index >= 15 is 0 Å². The third-order valence-corrected chi connectivity index (χ3v) is 2.34. The number of hydrogen-bond donors (Lipinski definition) is 3. The second kappa shape index (κ2) is 5.45. The van der Waals surface area contributed by atoms with Crippen LogP contribution in [0.4, 0.5) is 0 Å². The Hall–Kier alpha value is -1.43. The van der Waals surface area contributed by atoms with E-state index in [1.165, 1.54) is 0 Å². The number of carbonyl (C=O) groups is 1. The molecule has 0 aliphatic rings. The standard InChI is InChI=1S/C9H14N4OS/c1-2-6(8(10)15)9(14)13-5-7-11-3-4-12-7/h3-4,6H,2,5H2,1H3,(H2,10,15)(H,11,12)(H,13,14). The molecular weight excluding hydrogens is 212 g/mol. The number of amides is 1. The molecule has 0 saturated carbocycles. The quantitative estimate of drug-likeness (QED) is 0.632. The maximum Gasteiger partial charge on any atom is 0.230 e. The van der Waals surface area contributed by atoms with Crippen LogP contribution in [0.1, 0.15) is 19.2 Å². The molecule has 4 N–H and O–H groups in total. The molecule has 0 radical (unpaired) electrons. The van der Waals surface area contributed by atoms with Crippen LogP contribution < -0.4 is 11.1 Å². The molecule has 0 aliphatic carbocycles. The van der Waals surface area contributed by atoms with Crippen LogP contribution in [0.2, 0.25) is 0 Å². The summed E-state index contributed by atoms with van der Waals surface area (Å²) in [5, 5.41) is 2.72. The number of nitrogens with one attached hydrogen (secondary N) is 2. The Morgan fingerprint density at radius 3 is 3.00 bits per heavy atom. The van der Waals surface area contributed by atoms with Crippen LogP contribution in [0.5, 0.6) is 0 Å². The molecule has 1 amide bonds. The van der Waals surface area contributed by atoms with Crippen molar-refractivity contribution in [2.75, 3.05) is 0 Å². The number of imidazole rings is 1. The Morgan fingerprint density at radius 1 is 1.80 bits per heavy atom. The summed E-state index contributed by atoms with van der Waals surface area (Å²) in [5.74, 6) is 0.164. The van der Waals surface area contributed by atoms with Gasteiger partial charge in [0.2, 0.25) is 5.91 Å². The Bertz CT molecular complexity index is 336. The fraction of sp³-hybridized carbons (Fsp3) is 0.444. The van der Waals surface area contributed by atoms with Crippen molar-refractivity contribution in [3.05, 3.63) is 18.2 Å². The molecule has 82 valence electrons. The van der Waals surface area contributed by atoms with Gasteiger partial charge in [-0.15, -0.1) is 0 Å². The van der Waals surface area contributed by atoms with Crippen LogP contribution in [0.25, 0.3) is 0 Å². The predicted molar refractivity (Wildman–Crippen MR) is 61.0 cm³/mol. The second-order valence-corrected chi connectivity index (χ2v) is 3.59. The van der Waals surface area contributed by atoms with Crippen LogP contribution >= 0.6 is 12.2 Å². The smallest absolute Gasteiger partial charge is 0.230 e. The van der Waals surface area contributed by atoms with Crippen LogP contribution in [0.3, 0.4) is 0 Å². The molecule has 0 aromatic carbocycles. The first-order chi connectivity index (χ1) is 7.15. The zero-order valence-corrected chi connectivity index (χ0v) is 9.30. The molecule has 1 aromatic heterocycles. The van der Waals surface area contributed by atoms with E-state index < -0.39 is 5.92 Å². The summed E-state index contributed by atoms with van der Waals surface area (Å²) in [6.45, 7) is 2.24. The van der Waals surface area contributed by atoms with Crippen molar-refractivity contribution in [2.24, 2.45) is 11.7 Å². The third kappa shape index (κ3) is 3.32. The molecule has 0 spiro atoms. The summed E-state index contributed by atoms with van der Waals surface area (Å²) >= 11 is 4.80. The highest BCUT2D eigenvalue weighted by Crippen LogP contribution is 2.03. The number of carbonyl (C=O) groups excluding carboxylic acids is 1. The average molecular weight is 226 g/mol. The third-order valence-electron chi connectivity index (χ3n) is 2.05. The molecular formula is C9H14N4OS. The fourth-order valence-corrected chi connectivity index (χ4v) is 1.48. The summed E-state index contributed by atoms with van der Waals surface area (Å²) in [5.41, 5.74) is 5.44. The van der Waals surface area contributed by atoms with Crippen LogP contribution in [0.15, 0.2) is 12.4 Å². The van der Waals surface area contributed by atoms with Gasteiger partial charge in [-0.1, -0.05) is 19.1 Å². The number of aromatic nitrogens is 2. The molecule has 15 heavy (non-hydrogen) atoms. The first kappa shape index (κ1) is 11.6. The van der Waals surface area contributed by atoms with Crippen molar-refractivity contribution in [3.63, 3.8) is 0 Å². The molecule has 1 aromatic rings. The molecule has 1 atom stereocenters. The lowest BCUT2D eigenvalue weighted by Crippen LogP contribution is -2.37. The zero-order valence-electron chi connectivity index (χ0n) is 8.49. The molecule has 0 bridgehead atoms. The summed E-state index contributed by atoms with van der Waals surface area (Å²) in [4.78, 5) is 18.7. The van der Waals surface area contributed by atoms with E-state index in [1.807, 2.05) is 6.92 Å². The normalized spacial score (nSPS) is 12.1. The highest BCUT2D eigenvalue weighted by molar-refractivity contribution is 7.80. The lowest BCUT2D eigenvalue weighted by Gasteiger charge is -2.12. The van der Waals surface area contributed by atoms with E-state index in [1.54, 1.807) is 12.4 Å². The molecule has 1 rings (SSSR count). The van der Waals surface area contributed by atoms with Gasteiger partial charge in [-0.3, -0.25) is 4.79 Å². The second-order valence-electron chi connectivity index (χ2n) is 3.12. The summed E-state index contributed by atoms with van der Waals surface area (Å²) < 4.78 is 0. The Morgan fingerprint density at radius 2 is 2.53 bits per heavy atom. The van der Waals surface area contributed by atoms with Gasteiger partial charge in [0.15, 0.2) is 0 Å². The number of nitrogens with zero attached hydrogens (tertiary/aromatic N) is 1. The Labute approximate surface area is 93.5 Å². The van der Waals surface area contributed by atoms with Gasteiger partial charge in [-0.25, -0.2) is 4.98 Å². The Kier molecular flexibility index (Phi) is 4.23. The van der Waals surface area contributed by atoms with Gasteiger partial charge in [-0.05, 0) is 6.42 Å². The lowest BCUT2D eigenvalue weighted by atomic mass is 10.1. The van der Waals surface area contributed by atoms with E-state index in [-0.39, 0.29) is 10.9 Å². The molecule has 0 fully saturated rings. The number of rotatable bonds is 5. The Balaban J connectivity index is 2.44. The first-order valence-corrected chi connectivity index (χ1v) is 5.11. The monoisotopic (exact) mass is 226 g/mol. The minimum atomic E-state index is -0.394. The summed E-state index contributed by atoms with van der Waals surface area (Å²) in [6.07, 6.45) is 3.94. The van der Waals surface area contributed by atoms with Crippen LogP contribution in [0, 0.1) is 5.92 Å². The average Bonchev–Trinajstić information content (AvgIpc) is 2.67. The van der Waals surface area contributed by atoms with Crippen molar-refractivity contribution in [1.29, 1.82) is 0 Å². The number of aromatic amines is 1. The van der Waals surface area contributed by atoms with Crippen LogP contribution in [-0.2, 0) is 11.3 Å². The topological polar surface area (TPSA) is 83.8 Å². The largest absolute Gasteiger partial charge is 0.393 e. The molecule has 1 heterocycles. The van der Waals surface area contributed by atoms with Gasteiger partial charge in [-0.2, -0.15) is 0 Å². The maximum atomic E-state index is 11.6. The highest BCUT2D eigenvalue weighted by atomic mass is 32.1. The number of thiocarbonyl (C=S) groups is 1. The maximum absolute atomic E-state index is 11.6. The van der Waals surface area contributed by atoms with E-state index in [4.69, 9.17) is 18.0 Å². The fourth-order valence-electron chi connectivity index (χ4n) is 1.20. The summed E-state index contributed by atoms with van der Waals surface area (Å²) in [6, 6.07) is 0. The van der Waals surface area contributed by atoms with E-state index in [2.05, 4.69) is 15.3 Å². The van der Waals surface area contributed by atoms with E-state index in [9.17, 15) is 4.79 Å². The number of nitrogens with two attached hydrogens (primary N) is 1.